The molecule has 5 rings (SSSR count). The molecule has 234 valence electrons. The summed E-state index contributed by atoms with van der Waals surface area (Å²) in [4.78, 5) is 33.4. The lowest BCUT2D eigenvalue weighted by Gasteiger charge is -2.35. The van der Waals surface area contributed by atoms with E-state index >= 15 is 0 Å². The van der Waals surface area contributed by atoms with Crippen LogP contribution in [0, 0.1) is 11.8 Å². The van der Waals surface area contributed by atoms with Crippen LogP contribution in [-0.2, 0) is 4.79 Å². The Kier molecular flexibility index (Phi) is 9.71. The maximum atomic E-state index is 14.9. The number of carbonyl (C=O) groups is 2. The van der Waals surface area contributed by atoms with Crippen LogP contribution < -0.4 is 19.3 Å². The van der Waals surface area contributed by atoms with Crippen molar-refractivity contribution >= 4 is 23.4 Å². The van der Waals surface area contributed by atoms with Crippen molar-refractivity contribution in [3.05, 3.63) is 78.0 Å². The molecule has 1 atom stereocenters. The number of anilines is 2. The van der Waals surface area contributed by atoms with Crippen molar-refractivity contribution in [3.8, 4) is 11.5 Å². The predicted octanol–water partition coefficient (Wildman–Crippen LogP) is 6.75. The first-order valence-corrected chi connectivity index (χ1v) is 15.4. The molecule has 2 aliphatic rings. The number of rotatable bonds is 13. The van der Waals surface area contributed by atoms with E-state index in [1.54, 1.807) is 43.6 Å². The van der Waals surface area contributed by atoms with Gasteiger partial charge in [-0.1, -0.05) is 18.2 Å². The summed E-state index contributed by atoms with van der Waals surface area (Å²) in [6, 6.07) is 18.5. The molecule has 2 fully saturated rings. The zero-order valence-electron chi connectivity index (χ0n) is 25.7. The topological polar surface area (TPSA) is 92.2 Å². The molecule has 1 aliphatic carbocycles. The molecule has 1 saturated carbocycles. The summed E-state index contributed by atoms with van der Waals surface area (Å²) in [6.07, 6.45) is 5.65. The molecule has 0 bridgehead atoms. The van der Waals surface area contributed by atoms with E-state index in [-0.39, 0.29) is 24.8 Å². The van der Waals surface area contributed by atoms with E-state index in [2.05, 4.69) is 9.88 Å². The van der Waals surface area contributed by atoms with E-state index in [1.807, 2.05) is 30.3 Å². The number of amides is 1. The highest BCUT2D eigenvalue weighted by Gasteiger charge is 2.34. The normalized spacial score (nSPS) is 16.3. The zero-order valence-corrected chi connectivity index (χ0v) is 25.7. The van der Waals surface area contributed by atoms with Gasteiger partial charge in [-0.2, -0.15) is 0 Å². The van der Waals surface area contributed by atoms with Gasteiger partial charge in [0.2, 0.25) is 0 Å². The van der Waals surface area contributed by atoms with E-state index in [1.165, 1.54) is 18.7 Å². The SMILES string of the molecule is COc1ccc(C(=O)N(CC(C)(C)F)c2ccccn2)c(N2CCC(COc3cccc(C(CC(=O)O)C4CC4)c3)CC2)c1. The standard InChI is InChI=1S/C35H42FN3O5/c1-35(2,36)23-39(32-9-4-5-16-37-32)34(42)29-13-12-27(43-3)20-31(29)38-17-14-24(15-18-38)22-44-28-8-6-7-26(19-28)30(21-33(40)41)25-10-11-25/h4-9,12-13,16,19-20,24-25,30H,10-11,14-15,17-18,21-23H2,1-3H3,(H,40,41). The van der Waals surface area contributed by atoms with Crippen molar-refractivity contribution < 1.29 is 28.6 Å². The number of hydrogen-bond acceptors (Lipinski definition) is 6. The van der Waals surface area contributed by atoms with Gasteiger partial charge in [-0.3, -0.25) is 14.5 Å². The Balaban J connectivity index is 1.26. The van der Waals surface area contributed by atoms with Crippen molar-refractivity contribution in [1.29, 1.82) is 0 Å². The third kappa shape index (κ3) is 8.07. The number of hydrogen-bond donors (Lipinski definition) is 1. The van der Waals surface area contributed by atoms with Crippen LogP contribution in [0.3, 0.4) is 0 Å². The Morgan fingerprint density at radius 3 is 2.45 bits per heavy atom. The molecule has 2 heterocycles. The first-order valence-electron chi connectivity index (χ1n) is 15.4. The fourth-order valence-corrected chi connectivity index (χ4v) is 6.01. The summed E-state index contributed by atoms with van der Waals surface area (Å²) in [5.74, 6) is 1.53. The Morgan fingerprint density at radius 2 is 1.82 bits per heavy atom. The first kappa shape index (κ1) is 31.3. The second-order valence-electron chi connectivity index (χ2n) is 12.5. The van der Waals surface area contributed by atoms with Crippen molar-refractivity contribution in [3.63, 3.8) is 0 Å². The Bertz CT molecular complexity index is 1430. The van der Waals surface area contributed by atoms with Gasteiger partial charge in [-0.25, -0.2) is 9.37 Å². The maximum absolute atomic E-state index is 14.9. The van der Waals surface area contributed by atoms with Gasteiger partial charge in [0, 0.05) is 25.4 Å². The molecular formula is C35H42FN3O5. The fourth-order valence-electron chi connectivity index (χ4n) is 6.01. The lowest BCUT2D eigenvalue weighted by molar-refractivity contribution is -0.137. The van der Waals surface area contributed by atoms with E-state index < -0.39 is 11.6 Å². The Hall–Kier alpha value is -4.14. The highest BCUT2D eigenvalue weighted by molar-refractivity contribution is 6.09. The highest BCUT2D eigenvalue weighted by atomic mass is 19.1. The van der Waals surface area contributed by atoms with E-state index in [9.17, 15) is 19.1 Å². The monoisotopic (exact) mass is 603 g/mol. The molecule has 1 unspecified atom stereocenters. The van der Waals surface area contributed by atoms with Gasteiger partial charge in [0.1, 0.15) is 23.0 Å². The average Bonchev–Trinajstić information content (AvgIpc) is 3.87. The van der Waals surface area contributed by atoms with Gasteiger partial charge in [0.25, 0.3) is 5.91 Å². The number of ether oxygens (including phenoxy) is 2. The molecule has 1 amide bonds. The van der Waals surface area contributed by atoms with Crippen molar-refractivity contribution in [2.45, 2.75) is 57.5 Å². The van der Waals surface area contributed by atoms with Crippen LogP contribution in [0.2, 0.25) is 0 Å². The van der Waals surface area contributed by atoms with Crippen LogP contribution in [0.5, 0.6) is 11.5 Å². The van der Waals surface area contributed by atoms with Crippen LogP contribution in [0.15, 0.2) is 66.9 Å². The number of alkyl halides is 1. The largest absolute Gasteiger partial charge is 0.497 e. The molecule has 1 aliphatic heterocycles. The van der Waals surface area contributed by atoms with E-state index in [4.69, 9.17) is 9.47 Å². The van der Waals surface area contributed by atoms with Crippen LogP contribution in [0.25, 0.3) is 0 Å². The van der Waals surface area contributed by atoms with Gasteiger partial charge in [0.15, 0.2) is 0 Å². The average molecular weight is 604 g/mol. The minimum Gasteiger partial charge on any atom is -0.497 e. The number of methoxy groups -OCH3 is 1. The summed E-state index contributed by atoms with van der Waals surface area (Å²) in [5, 5.41) is 9.39. The molecule has 0 spiro atoms. The highest BCUT2D eigenvalue weighted by Crippen LogP contribution is 2.45. The van der Waals surface area contributed by atoms with Crippen molar-refractivity contribution in [2.75, 3.05) is 43.2 Å². The molecular weight excluding hydrogens is 561 g/mol. The molecule has 2 aromatic carbocycles. The summed E-state index contributed by atoms with van der Waals surface area (Å²) in [7, 11) is 1.60. The predicted molar refractivity (Wildman–Crippen MR) is 169 cm³/mol. The number of aliphatic carboxylic acids is 1. The summed E-state index contributed by atoms with van der Waals surface area (Å²) in [5.41, 5.74) is 0.642. The second-order valence-corrected chi connectivity index (χ2v) is 12.5. The minimum absolute atomic E-state index is 0.0311. The number of benzene rings is 2. The zero-order chi connectivity index (χ0) is 31.3. The number of aromatic nitrogens is 1. The molecule has 0 radical (unpaired) electrons. The third-order valence-electron chi connectivity index (χ3n) is 8.45. The van der Waals surface area contributed by atoms with Crippen LogP contribution in [-0.4, -0.2) is 61.0 Å². The van der Waals surface area contributed by atoms with Crippen molar-refractivity contribution in [2.24, 2.45) is 11.8 Å². The molecule has 1 N–H and O–H groups in total. The third-order valence-corrected chi connectivity index (χ3v) is 8.45. The Labute approximate surface area is 258 Å². The lowest BCUT2D eigenvalue weighted by Crippen LogP contribution is -2.42. The Morgan fingerprint density at radius 1 is 1.05 bits per heavy atom. The van der Waals surface area contributed by atoms with Crippen molar-refractivity contribution in [1.82, 2.24) is 4.98 Å². The van der Waals surface area contributed by atoms with Gasteiger partial charge in [0.05, 0.1) is 37.9 Å². The molecule has 3 aromatic rings. The summed E-state index contributed by atoms with van der Waals surface area (Å²) in [6.45, 7) is 4.79. The number of carbonyl (C=O) groups excluding carboxylic acids is 1. The fraction of sp³-hybridized carbons (Fsp3) is 0.457. The second kappa shape index (κ2) is 13.7. The quantitative estimate of drug-likeness (QED) is 0.231. The number of halogens is 1. The van der Waals surface area contributed by atoms with Crippen LogP contribution in [0.1, 0.15) is 67.8 Å². The lowest BCUT2D eigenvalue weighted by atomic mass is 9.91. The number of pyridine rings is 1. The summed E-state index contributed by atoms with van der Waals surface area (Å²) < 4.78 is 26.6. The van der Waals surface area contributed by atoms with Crippen LogP contribution in [0.4, 0.5) is 15.9 Å². The van der Waals surface area contributed by atoms with E-state index in [0.717, 1.165) is 55.8 Å². The minimum atomic E-state index is -1.62. The smallest absolute Gasteiger partial charge is 0.303 e. The van der Waals surface area contributed by atoms with Gasteiger partial charge >= 0.3 is 5.97 Å². The molecule has 8 nitrogen and oxygen atoms in total. The summed E-state index contributed by atoms with van der Waals surface area (Å²) >= 11 is 0. The number of carboxylic acid groups (broad SMARTS) is 1. The number of piperidine rings is 1. The van der Waals surface area contributed by atoms with Gasteiger partial charge in [-0.15, -0.1) is 0 Å². The molecule has 1 saturated heterocycles. The van der Waals surface area contributed by atoms with Crippen LogP contribution >= 0.6 is 0 Å². The van der Waals surface area contributed by atoms with Gasteiger partial charge in [-0.05, 0) is 99.2 Å². The molecule has 44 heavy (non-hydrogen) atoms. The molecule has 9 heteroatoms. The van der Waals surface area contributed by atoms with E-state index in [0.29, 0.717) is 35.6 Å². The number of nitrogens with zero attached hydrogens (tertiary/aromatic N) is 3. The van der Waals surface area contributed by atoms with Gasteiger partial charge < -0.3 is 19.5 Å². The maximum Gasteiger partial charge on any atom is 0.303 e. The molecule has 1 aromatic heterocycles. The first-order chi connectivity index (χ1) is 21.1. The number of carboxylic acids is 1.